The second-order valence-electron chi connectivity index (χ2n) is 7.93. The minimum atomic E-state index is -0.135. The maximum absolute atomic E-state index is 12.6. The number of carbonyl (C=O) groups excluding carboxylic acids is 1. The van der Waals surface area contributed by atoms with E-state index < -0.39 is 0 Å². The molecule has 1 fully saturated rings. The lowest BCUT2D eigenvalue weighted by atomic mass is 9.96. The van der Waals surface area contributed by atoms with Crippen LogP contribution in [0.1, 0.15) is 54.9 Å². The standard InChI is InChI=1S/C24H27N3O3/c1-2-3-8-30-23-7-6-16(12-27-23)18-11-19-21(10-17(18)14-28)26-13-20(24(19)25)22(29)9-15-4-5-15/h6-7,10-13,15,28H,2-5,8-9,14H2,1H3,(H2,25,26). The summed E-state index contributed by atoms with van der Waals surface area (Å²) in [5, 5.41) is 10.6. The van der Waals surface area contributed by atoms with E-state index in [1.165, 1.54) is 0 Å². The Morgan fingerprint density at radius 3 is 2.73 bits per heavy atom. The number of anilines is 1. The number of hydrogen-bond acceptors (Lipinski definition) is 6. The molecule has 1 aromatic carbocycles. The van der Waals surface area contributed by atoms with E-state index in [-0.39, 0.29) is 12.4 Å². The Morgan fingerprint density at radius 1 is 1.23 bits per heavy atom. The highest BCUT2D eigenvalue weighted by Crippen LogP contribution is 2.36. The molecule has 3 N–H and O–H groups in total. The van der Waals surface area contributed by atoms with Crippen LogP contribution in [0.25, 0.3) is 22.0 Å². The van der Waals surface area contributed by atoms with Gasteiger partial charge in [0.05, 0.1) is 30.0 Å². The molecular formula is C24H27N3O3. The molecule has 4 rings (SSSR count). The van der Waals surface area contributed by atoms with Gasteiger partial charge in [0.15, 0.2) is 5.78 Å². The molecule has 2 aromatic heterocycles. The summed E-state index contributed by atoms with van der Waals surface area (Å²) in [7, 11) is 0. The summed E-state index contributed by atoms with van der Waals surface area (Å²) in [6.07, 6.45) is 8.10. The highest BCUT2D eigenvalue weighted by molar-refractivity contribution is 6.08. The van der Waals surface area contributed by atoms with Gasteiger partial charge in [-0.1, -0.05) is 13.3 Å². The molecule has 1 saturated carbocycles. The second-order valence-corrected chi connectivity index (χ2v) is 7.93. The number of aliphatic hydroxyl groups is 1. The van der Waals surface area contributed by atoms with Gasteiger partial charge < -0.3 is 15.6 Å². The number of nitrogens with zero attached hydrogens (tertiary/aromatic N) is 2. The number of fused-ring (bicyclic) bond motifs is 1. The summed E-state index contributed by atoms with van der Waals surface area (Å²) in [5.74, 6) is 1.11. The monoisotopic (exact) mass is 405 g/mol. The fraction of sp³-hybridized carbons (Fsp3) is 0.375. The Bertz CT molecular complexity index is 1060. The lowest BCUT2D eigenvalue weighted by Gasteiger charge is -2.13. The van der Waals surface area contributed by atoms with Gasteiger partial charge in [0.2, 0.25) is 5.88 Å². The van der Waals surface area contributed by atoms with E-state index in [4.69, 9.17) is 10.5 Å². The summed E-state index contributed by atoms with van der Waals surface area (Å²) >= 11 is 0. The molecule has 0 aliphatic heterocycles. The first-order chi connectivity index (χ1) is 14.6. The van der Waals surface area contributed by atoms with Gasteiger partial charge in [-0.25, -0.2) is 4.98 Å². The van der Waals surface area contributed by atoms with Gasteiger partial charge in [0, 0.05) is 35.8 Å². The molecule has 0 atom stereocenters. The Kier molecular flexibility index (Phi) is 5.95. The number of nitrogen functional groups attached to an aromatic ring is 1. The number of nitrogens with two attached hydrogens (primary N) is 1. The maximum Gasteiger partial charge on any atom is 0.213 e. The number of unbranched alkanes of at least 4 members (excludes halogenated alkanes) is 1. The number of carbonyl (C=O) groups is 1. The number of rotatable bonds is 9. The molecule has 156 valence electrons. The largest absolute Gasteiger partial charge is 0.478 e. The molecule has 0 unspecified atom stereocenters. The third-order valence-electron chi connectivity index (χ3n) is 5.57. The van der Waals surface area contributed by atoms with Crippen LogP contribution in [0, 0.1) is 5.92 Å². The summed E-state index contributed by atoms with van der Waals surface area (Å²) in [6.45, 7) is 2.62. The quantitative estimate of drug-likeness (QED) is 0.401. The normalized spacial score (nSPS) is 13.5. The number of benzene rings is 1. The summed E-state index contributed by atoms with van der Waals surface area (Å²) in [6, 6.07) is 7.46. The van der Waals surface area contributed by atoms with E-state index in [1.807, 2.05) is 24.3 Å². The average molecular weight is 405 g/mol. The summed E-state index contributed by atoms with van der Waals surface area (Å²) in [5.41, 5.74) is 10.4. The van der Waals surface area contributed by atoms with Crippen LogP contribution in [-0.4, -0.2) is 27.5 Å². The van der Waals surface area contributed by atoms with Gasteiger partial charge in [0.1, 0.15) is 0 Å². The molecule has 0 amide bonds. The Hall–Kier alpha value is -2.99. The molecule has 0 spiro atoms. The molecule has 3 aromatic rings. The topological polar surface area (TPSA) is 98.3 Å². The van der Waals surface area contributed by atoms with Gasteiger partial charge in [-0.3, -0.25) is 9.78 Å². The lowest BCUT2D eigenvalue weighted by molar-refractivity contribution is 0.0976. The Labute approximate surface area is 176 Å². The molecular weight excluding hydrogens is 378 g/mol. The number of aromatic nitrogens is 2. The van der Waals surface area contributed by atoms with Gasteiger partial charge in [-0.15, -0.1) is 0 Å². The van der Waals surface area contributed by atoms with Crippen molar-refractivity contribution in [3.8, 4) is 17.0 Å². The van der Waals surface area contributed by atoms with E-state index >= 15 is 0 Å². The molecule has 0 saturated heterocycles. The molecule has 1 aliphatic rings. The van der Waals surface area contributed by atoms with Crippen molar-refractivity contribution in [2.45, 2.75) is 45.6 Å². The van der Waals surface area contributed by atoms with E-state index in [9.17, 15) is 9.90 Å². The fourth-order valence-electron chi connectivity index (χ4n) is 3.56. The fourth-order valence-corrected chi connectivity index (χ4v) is 3.56. The third kappa shape index (κ3) is 4.28. The number of aliphatic hydroxyl groups excluding tert-OH is 1. The number of hydrogen-bond donors (Lipinski definition) is 2. The van der Waals surface area contributed by atoms with Crippen molar-refractivity contribution in [2.24, 2.45) is 5.92 Å². The molecule has 6 heteroatoms. The first-order valence-corrected chi connectivity index (χ1v) is 10.5. The number of Topliss-reactive ketones (excluding diaryl/α,β-unsaturated/α-hetero) is 1. The van der Waals surface area contributed by atoms with Crippen molar-refractivity contribution in [3.05, 3.63) is 47.8 Å². The van der Waals surface area contributed by atoms with Crippen molar-refractivity contribution in [3.63, 3.8) is 0 Å². The van der Waals surface area contributed by atoms with Crippen molar-refractivity contribution in [1.29, 1.82) is 0 Å². The number of ketones is 1. The SMILES string of the molecule is CCCCOc1ccc(-c2cc3c(N)c(C(=O)CC4CC4)cnc3cc2CO)cn1. The van der Waals surface area contributed by atoms with Crippen LogP contribution in [-0.2, 0) is 6.61 Å². The molecule has 1 aliphatic carbocycles. The molecule has 0 radical (unpaired) electrons. The van der Waals surface area contributed by atoms with Gasteiger partial charge in [0.25, 0.3) is 0 Å². The van der Waals surface area contributed by atoms with Crippen LogP contribution >= 0.6 is 0 Å². The Morgan fingerprint density at radius 2 is 2.07 bits per heavy atom. The van der Waals surface area contributed by atoms with Crippen LogP contribution in [0.3, 0.4) is 0 Å². The van der Waals surface area contributed by atoms with Crippen molar-refractivity contribution < 1.29 is 14.6 Å². The molecule has 0 bridgehead atoms. The van der Waals surface area contributed by atoms with E-state index in [2.05, 4.69) is 16.9 Å². The van der Waals surface area contributed by atoms with E-state index in [0.29, 0.717) is 47.0 Å². The van der Waals surface area contributed by atoms with Crippen LogP contribution < -0.4 is 10.5 Å². The third-order valence-corrected chi connectivity index (χ3v) is 5.57. The zero-order valence-corrected chi connectivity index (χ0v) is 17.2. The lowest BCUT2D eigenvalue weighted by Crippen LogP contribution is -2.06. The smallest absolute Gasteiger partial charge is 0.213 e. The van der Waals surface area contributed by atoms with Crippen molar-refractivity contribution >= 4 is 22.4 Å². The zero-order valence-electron chi connectivity index (χ0n) is 17.2. The minimum Gasteiger partial charge on any atom is -0.478 e. The predicted octanol–water partition coefficient (Wildman–Crippen LogP) is 4.53. The summed E-state index contributed by atoms with van der Waals surface area (Å²) < 4.78 is 5.63. The first kappa shape index (κ1) is 20.3. The average Bonchev–Trinajstić information content (AvgIpc) is 3.58. The number of ether oxygens (including phenoxy) is 1. The summed E-state index contributed by atoms with van der Waals surface area (Å²) in [4.78, 5) is 21.4. The van der Waals surface area contributed by atoms with Crippen LogP contribution in [0.4, 0.5) is 5.69 Å². The molecule has 2 heterocycles. The maximum atomic E-state index is 12.6. The minimum absolute atomic E-state index is 0.0485. The van der Waals surface area contributed by atoms with Gasteiger partial charge in [-0.2, -0.15) is 0 Å². The van der Waals surface area contributed by atoms with Crippen molar-refractivity contribution in [1.82, 2.24) is 9.97 Å². The van der Waals surface area contributed by atoms with Gasteiger partial charge >= 0.3 is 0 Å². The zero-order chi connectivity index (χ0) is 21.1. The second kappa shape index (κ2) is 8.79. The van der Waals surface area contributed by atoms with Gasteiger partial charge in [-0.05, 0) is 54.5 Å². The van der Waals surface area contributed by atoms with Crippen LogP contribution in [0.5, 0.6) is 5.88 Å². The highest BCUT2D eigenvalue weighted by Gasteiger charge is 2.26. The van der Waals surface area contributed by atoms with E-state index in [0.717, 1.165) is 42.4 Å². The first-order valence-electron chi connectivity index (χ1n) is 10.5. The highest BCUT2D eigenvalue weighted by atomic mass is 16.5. The predicted molar refractivity (Wildman–Crippen MR) is 117 cm³/mol. The van der Waals surface area contributed by atoms with Crippen LogP contribution in [0.2, 0.25) is 0 Å². The number of pyridine rings is 2. The molecule has 30 heavy (non-hydrogen) atoms. The Balaban J connectivity index is 1.69. The van der Waals surface area contributed by atoms with Crippen molar-refractivity contribution in [2.75, 3.05) is 12.3 Å². The van der Waals surface area contributed by atoms with Crippen LogP contribution in [0.15, 0.2) is 36.7 Å². The molecule has 6 nitrogen and oxygen atoms in total. The van der Waals surface area contributed by atoms with E-state index in [1.54, 1.807) is 12.4 Å².